The highest BCUT2D eigenvalue weighted by atomic mass is 16.2. The lowest BCUT2D eigenvalue weighted by molar-refractivity contribution is -0.120. The fourth-order valence-corrected chi connectivity index (χ4v) is 2.55. The summed E-state index contributed by atoms with van der Waals surface area (Å²) in [5.74, 6) is -0.0168. The molecule has 116 valence electrons. The number of likely N-dealkylation sites (N-methyl/N-ethyl adjacent to an activating group) is 1. The molecule has 0 aromatic heterocycles. The number of benzene rings is 1. The molecule has 0 saturated carbocycles. The van der Waals surface area contributed by atoms with E-state index in [0.29, 0.717) is 11.4 Å². The van der Waals surface area contributed by atoms with Crippen LogP contribution in [0.2, 0.25) is 0 Å². The number of nitrogens with two attached hydrogens (primary N) is 1. The molecule has 0 bridgehead atoms. The second kappa shape index (κ2) is 7.43. The Bertz CT molecular complexity index is 471. The molecule has 2 rings (SSSR count). The highest BCUT2D eigenvalue weighted by Gasteiger charge is 2.20. The number of nitrogens with one attached hydrogen (secondary N) is 1. The molecular weight excluding hydrogens is 264 g/mol. The predicted octanol–water partition coefficient (Wildman–Crippen LogP) is 1.62. The number of nitrogen functional groups attached to an aromatic ring is 1. The van der Waals surface area contributed by atoms with Crippen molar-refractivity contribution in [1.82, 2.24) is 9.80 Å². The van der Waals surface area contributed by atoms with E-state index < -0.39 is 0 Å². The smallest absolute Gasteiger partial charge is 0.241 e. The van der Waals surface area contributed by atoms with Gasteiger partial charge in [-0.2, -0.15) is 0 Å². The van der Waals surface area contributed by atoms with E-state index in [2.05, 4.69) is 15.1 Å². The third-order valence-electron chi connectivity index (χ3n) is 4.23. The first-order valence-corrected chi connectivity index (χ1v) is 7.66. The minimum Gasteiger partial charge on any atom is -0.397 e. The number of nitrogens with zero attached hydrogens (tertiary/aromatic N) is 2. The molecule has 1 aliphatic rings. The molecule has 0 radical (unpaired) electrons. The number of carbonyl (C=O) groups is 1. The molecule has 21 heavy (non-hydrogen) atoms. The van der Waals surface area contributed by atoms with E-state index in [9.17, 15) is 4.79 Å². The Morgan fingerprint density at radius 3 is 2.71 bits per heavy atom. The van der Waals surface area contributed by atoms with Crippen molar-refractivity contribution in [3.63, 3.8) is 0 Å². The maximum absolute atomic E-state index is 12.3. The number of amides is 1. The van der Waals surface area contributed by atoms with Gasteiger partial charge in [0.1, 0.15) is 0 Å². The molecule has 0 aliphatic carbocycles. The third kappa shape index (κ3) is 4.44. The Labute approximate surface area is 127 Å². The van der Waals surface area contributed by atoms with Crippen LogP contribution < -0.4 is 11.1 Å². The van der Waals surface area contributed by atoms with E-state index in [1.807, 2.05) is 32.2 Å². The Hall–Kier alpha value is -1.59. The second-order valence-corrected chi connectivity index (χ2v) is 5.78. The van der Waals surface area contributed by atoms with Crippen LogP contribution in [0.1, 0.15) is 19.8 Å². The molecule has 0 spiro atoms. The van der Waals surface area contributed by atoms with Crippen molar-refractivity contribution in [2.45, 2.75) is 25.8 Å². The summed E-state index contributed by atoms with van der Waals surface area (Å²) in [5, 5.41) is 2.90. The molecule has 1 aliphatic heterocycles. The van der Waals surface area contributed by atoms with Gasteiger partial charge in [0.2, 0.25) is 5.91 Å². The van der Waals surface area contributed by atoms with Crippen LogP contribution in [0.3, 0.4) is 0 Å². The fraction of sp³-hybridized carbons (Fsp3) is 0.562. The summed E-state index contributed by atoms with van der Waals surface area (Å²) >= 11 is 0. The van der Waals surface area contributed by atoms with Crippen molar-refractivity contribution in [2.24, 2.45) is 0 Å². The molecular formula is C16H26N4O. The third-order valence-corrected chi connectivity index (χ3v) is 4.23. The van der Waals surface area contributed by atoms with Gasteiger partial charge in [-0.1, -0.05) is 12.1 Å². The molecule has 1 aromatic carbocycles. The van der Waals surface area contributed by atoms with Crippen molar-refractivity contribution in [2.75, 3.05) is 44.3 Å². The Kier molecular flexibility index (Phi) is 5.59. The Morgan fingerprint density at radius 1 is 1.38 bits per heavy atom. The Morgan fingerprint density at radius 2 is 2.05 bits per heavy atom. The molecule has 1 fully saturated rings. The van der Waals surface area contributed by atoms with Gasteiger partial charge in [-0.05, 0) is 52.0 Å². The average Bonchev–Trinajstić information content (AvgIpc) is 2.99. The monoisotopic (exact) mass is 290 g/mol. The first-order chi connectivity index (χ1) is 10.1. The lowest BCUT2D eigenvalue weighted by Gasteiger charge is -2.26. The lowest BCUT2D eigenvalue weighted by Crippen LogP contribution is -2.43. The number of hydrogen-bond donors (Lipinski definition) is 2. The van der Waals surface area contributed by atoms with E-state index in [4.69, 9.17) is 5.73 Å². The van der Waals surface area contributed by atoms with Gasteiger partial charge in [0, 0.05) is 13.1 Å². The number of para-hydroxylation sites is 2. The summed E-state index contributed by atoms with van der Waals surface area (Å²) in [6.07, 6.45) is 2.60. The number of carbonyl (C=O) groups excluding carboxylic acids is 1. The predicted molar refractivity (Wildman–Crippen MR) is 87.3 cm³/mol. The van der Waals surface area contributed by atoms with Gasteiger partial charge in [-0.25, -0.2) is 0 Å². The first kappa shape index (κ1) is 15.8. The summed E-state index contributed by atoms with van der Waals surface area (Å²) in [7, 11) is 1.99. The minimum atomic E-state index is -0.174. The van der Waals surface area contributed by atoms with E-state index in [1.54, 1.807) is 6.07 Å². The van der Waals surface area contributed by atoms with Gasteiger partial charge in [0.05, 0.1) is 17.4 Å². The molecule has 1 aromatic rings. The Balaban J connectivity index is 1.82. The summed E-state index contributed by atoms with van der Waals surface area (Å²) in [6, 6.07) is 7.17. The van der Waals surface area contributed by atoms with Crippen LogP contribution in [0.4, 0.5) is 11.4 Å². The van der Waals surface area contributed by atoms with Crippen molar-refractivity contribution in [1.29, 1.82) is 0 Å². The zero-order valence-electron chi connectivity index (χ0n) is 13.0. The van der Waals surface area contributed by atoms with Crippen LogP contribution in [0, 0.1) is 0 Å². The quantitative estimate of drug-likeness (QED) is 0.782. The van der Waals surface area contributed by atoms with E-state index in [-0.39, 0.29) is 11.9 Å². The van der Waals surface area contributed by atoms with Crippen molar-refractivity contribution in [3.05, 3.63) is 24.3 Å². The number of anilines is 2. The van der Waals surface area contributed by atoms with Crippen LogP contribution in [0.25, 0.3) is 0 Å². The zero-order chi connectivity index (χ0) is 15.2. The van der Waals surface area contributed by atoms with Crippen molar-refractivity contribution >= 4 is 17.3 Å². The van der Waals surface area contributed by atoms with Crippen molar-refractivity contribution in [3.8, 4) is 0 Å². The molecule has 5 heteroatoms. The van der Waals surface area contributed by atoms with Crippen molar-refractivity contribution < 1.29 is 4.79 Å². The molecule has 1 unspecified atom stereocenters. The topological polar surface area (TPSA) is 61.6 Å². The highest BCUT2D eigenvalue weighted by Crippen LogP contribution is 2.17. The van der Waals surface area contributed by atoms with Gasteiger partial charge in [0.15, 0.2) is 0 Å². The van der Waals surface area contributed by atoms with Gasteiger partial charge in [0.25, 0.3) is 0 Å². The molecule has 1 saturated heterocycles. The van der Waals surface area contributed by atoms with E-state index in [1.165, 1.54) is 25.9 Å². The number of likely N-dealkylation sites (tertiary alicyclic amines) is 1. The SMILES string of the molecule is CC(C(=O)Nc1ccccc1N)N(C)CCN1CCCC1. The van der Waals surface area contributed by atoms with Gasteiger partial charge >= 0.3 is 0 Å². The van der Waals surface area contributed by atoms with E-state index >= 15 is 0 Å². The van der Waals surface area contributed by atoms with Crippen LogP contribution >= 0.6 is 0 Å². The van der Waals surface area contributed by atoms with Gasteiger partial charge in [-0.15, -0.1) is 0 Å². The zero-order valence-corrected chi connectivity index (χ0v) is 13.0. The van der Waals surface area contributed by atoms with Gasteiger partial charge < -0.3 is 16.0 Å². The second-order valence-electron chi connectivity index (χ2n) is 5.78. The molecule has 5 nitrogen and oxygen atoms in total. The molecule has 1 atom stereocenters. The van der Waals surface area contributed by atoms with Crippen LogP contribution in [0.5, 0.6) is 0 Å². The van der Waals surface area contributed by atoms with Gasteiger partial charge in [-0.3, -0.25) is 9.69 Å². The van der Waals surface area contributed by atoms with Crippen LogP contribution in [0.15, 0.2) is 24.3 Å². The van der Waals surface area contributed by atoms with Crippen LogP contribution in [-0.4, -0.2) is 55.0 Å². The summed E-state index contributed by atoms with van der Waals surface area (Å²) in [5.41, 5.74) is 7.13. The van der Waals surface area contributed by atoms with Crippen LogP contribution in [-0.2, 0) is 4.79 Å². The lowest BCUT2D eigenvalue weighted by atomic mass is 10.2. The summed E-state index contributed by atoms with van der Waals surface area (Å²) < 4.78 is 0. The molecule has 3 N–H and O–H groups in total. The minimum absolute atomic E-state index is 0.0168. The maximum Gasteiger partial charge on any atom is 0.241 e. The molecule has 1 heterocycles. The normalized spacial score (nSPS) is 17.1. The maximum atomic E-state index is 12.3. The largest absolute Gasteiger partial charge is 0.397 e. The molecule has 1 amide bonds. The van der Waals surface area contributed by atoms with E-state index in [0.717, 1.165) is 13.1 Å². The highest BCUT2D eigenvalue weighted by molar-refractivity contribution is 5.96. The summed E-state index contributed by atoms with van der Waals surface area (Å²) in [6.45, 7) is 6.24. The number of hydrogen-bond acceptors (Lipinski definition) is 4. The number of rotatable bonds is 6. The fourth-order valence-electron chi connectivity index (χ4n) is 2.55. The summed E-state index contributed by atoms with van der Waals surface area (Å²) in [4.78, 5) is 16.8. The average molecular weight is 290 g/mol. The standard InChI is InChI=1S/C16H26N4O/c1-13(19(2)11-12-20-9-5-6-10-20)16(21)18-15-8-4-3-7-14(15)17/h3-4,7-8,13H,5-6,9-12,17H2,1-2H3,(H,18,21). The first-order valence-electron chi connectivity index (χ1n) is 7.66.